The second-order valence-corrected chi connectivity index (χ2v) is 5.22. The fourth-order valence-corrected chi connectivity index (χ4v) is 2.12. The maximum absolute atomic E-state index is 11.9. The molecule has 0 unspecified atom stereocenters. The molecular formula is C19H21N3O4. The summed E-state index contributed by atoms with van der Waals surface area (Å²) in [5.41, 5.74) is 3.63. The predicted octanol–water partition coefficient (Wildman–Crippen LogP) is 2.57. The minimum absolute atomic E-state index is 0.349. The number of hydrazone groups is 1. The molecule has 0 aliphatic heterocycles. The quantitative estimate of drug-likeness (QED) is 0.433. The lowest BCUT2D eigenvalue weighted by Gasteiger charge is -2.09. The molecule has 0 aromatic heterocycles. The van der Waals surface area contributed by atoms with Crippen LogP contribution in [0, 0.1) is 0 Å². The monoisotopic (exact) mass is 355 g/mol. The number of hydrogen-bond donors (Lipinski definition) is 2. The van der Waals surface area contributed by atoms with Gasteiger partial charge in [-0.1, -0.05) is 12.1 Å². The molecule has 0 fully saturated rings. The van der Waals surface area contributed by atoms with Gasteiger partial charge in [-0.05, 0) is 48.9 Å². The van der Waals surface area contributed by atoms with E-state index >= 15 is 0 Å². The number of nitrogens with zero attached hydrogens (tertiary/aromatic N) is 1. The Hall–Kier alpha value is -3.35. The van der Waals surface area contributed by atoms with Crippen LogP contribution in [0.4, 0.5) is 5.69 Å². The van der Waals surface area contributed by atoms with E-state index in [-0.39, 0.29) is 6.42 Å². The topological polar surface area (TPSA) is 89.0 Å². The first-order chi connectivity index (χ1) is 12.6. The van der Waals surface area contributed by atoms with Crippen LogP contribution in [0.25, 0.3) is 0 Å². The van der Waals surface area contributed by atoms with Gasteiger partial charge in [0.05, 0.1) is 25.6 Å². The Balaban J connectivity index is 1.81. The van der Waals surface area contributed by atoms with E-state index in [0.29, 0.717) is 18.0 Å². The van der Waals surface area contributed by atoms with Crippen molar-refractivity contribution in [3.05, 3.63) is 54.1 Å². The van der Waals surface area contributed by atoms with Crippen molar-refractivity contribution in [2.45, 2.75) is 13.3 Å². The molecular weight excluding hydrogens is 334 g/mol. The molecule has 0 saturated carbocycles. The minimum atomic E-state index is -0.514. The van der Waals surface area contributed by atoms with E-state index in [2.05, 4.69) is 15.8 Å². The van der Waals surface area contributed by atoms with Crippen LogP contribution >= 0.6 is 0 Å². The van der Waals surface area contributed by atoms with Crippen LogP contribution in [-0.2, 0) is 9.59 Å². The first-order valence-electron chi connectivity index (χ1n) is 8.10. The molecule has 2 aromatic rings. The van der Waals surface area contributed by atoms with Crippen molar-refractivity contribution >= 4 is 23.7 Å². The molecule has 0 aliphatic carbocycles. The SMILES string of the molecule is CCOc1ccc(C=NNC(=O)CC(=O)Nc2ccccc2OC)cc1. The fraction of sp³-hybridized carbons (Fsp3) is 0.211. The number of ether oxygens (including phenoxy) is 2. The third-order valence-corrected chi connectivity index (χ3v) is 3.30. The van der Waals surface area contributed by atoms with E-state index in [1.165, 1.54) is 13.3 Å². The van der Waals surface area contributed by atoms with Crippen LogP contribution in [-0.4, -0.2) is 31.7 Å². The molecule has 2 rings (SSSR count). The molecule has 0 bridgehead atoms. The zero-order chi connectivity index (χ0) is 18.8. The van der Waals surface area contributed by atoms with Crippen LogP contribution in [0.1, 0.15) is 18.9 Å². The molecule has 0 aliphatic rings. The highest BCUT2D eigenvalue weighted by molar-refractivity contribution is 6.04. The van der Waals surface area contributed by atoms with Gasteiger partial charge in [0.2, 0.25) is 11.8 Å². The molecule has 2 amide bonds. The summed E-state index contributed by atoms with van der Waals surface area (Å²) in [6, 6.07) is 14.2. The van der Waals surface area contributed by atoms with E-state index in [1.807, 2.05) is 31.2 Å². The van der Waals surface area contributed by atoms with Crippen molar-refractivity contribution in [3.8, 4) is 11.5 Å². The summed E-state index contributed by atoms with van der Waals surface area (Å²) < 4.78 is 10.5. The molecule has 0 heterocycles. The van der Waals surface area contributed by atoms with Gasteiger partial charge < -0.3 is 14.8 Å². The Morgan fingerprint density at radius 3 is 2.50 bits per heavy atom. The summed E-state index contributed by atoms with van der Waals surface area (Å²) in [4.78, 5) is 23.7. The highest BCUT2D eigenvalue weighted by Crippen LogP contribution is 2.22. The lowest BCUT2D eigenvalue weighted by Crippen LogP contribution is -2.24. The molecule has 2 aromatic carbocycles. The van der Waals surface area contributed by atoms with Crippen LogP contribution in [0.2, 0.25) is 0 Å². The summed E-state index contributed by atoms with van der Waals surface area (Å²) in [5.74, 6) is 0.319. The van der Waals surface area contributed by atoms with Gasteiger partial charge >= 0.3 is 0 Å². The molecule has 0 saturated heterocycles. The maximum Gasteiger partial charge on any atom is 0.249 e. The Morgan fingerprint density at radius 1 is 1.08 bits per heavy atom. The molecule has 2 N–H and O–H groups in total. The number of nitrogens with one attached hydrogen (secondary N) is 2. The Labute approximate surface area is 152 Å². The number of rotatable bonds is 8. The van der Waals surface area contributed by atoms with Crippen molar-refractivity contribution in [1.82, 2.24) is 5.43 Å². The van der Waals surface area contributed by atoms with Gasteiger partial charge in [0.1, 0.15) is 17.9 Å². The van der Waals surface area contributed by atoms with Gasteiger partial charge in [0, 0.05) is 0 Å². The van der Waals surface area contributed by atoms with Gasteiger partial charge in [-0.2, -0.15) is 5.10 Å². The van der Waals surface area contributed by atoms with E-state index in [9.17, 15) is 9.59 Å². The van der Waals surface area contributed by atoms with Gasteiger partial charge in [0.25, 0.3) is 0 Å². The van der Waals surface area contributed by atoms with Crippen LogP contribution in [0.3, 0.4) is 0 Å². The van der Waals surface area contributed by atoms with Crippen molar-refractivity contribution < 1.29 is 19.1 Å². The zero-order valence-corrected chi connectivity index (χ0v) is 14.7. The Bertz CT molecular complexity index is 773. The summed E-state index contributed by atoms with van der Waals surface area (Å²) in [6.07, 6.45) is 1.14. The zero-order valence-electron chi connectivity index (χ0n) is 14.7. The summed E-state index contributed by atoms with van der Waals surface area (Å²) in [6.45, 7) is 2.51. The lowest BCUT2D eigenvalue weighted by atomic mass is 10.2. The Kier molecular flexibility index (Phi) is 7.17. The highest BCUT2D eigenvalue weighted by Gasteiger charge is 2.11. The molecule has 26 heavy (non-hydrogen) atoms. The van der Waals surface area contributed by atoms with Gasteiger partial charge in [0.15, 0.2) is 0 Å². The average molecular weight is 355 g/mol. The van der Waals surface area contributed by atoms with Crippen molar-refractivity contribution in [2.75, 3.05) is 19.0 Å². The number of carbonyl (C=O) groups excluding carboxylic acids is 2. The Morgan fingerprint density at radius 2 is 1.81 bits per heavy atom. The average Bonchev–Trinajstić information content (AvgIpc) is 2.63. The lowest BCUT2D eigenvalue weighted by molar-refractivity contribution is -0.126. The maximum atomic E-state index is 11.9. The normalized spacial score (nSPS) is 10.4. The minimum Gasteiger partial charge on any atom is -0.495 e. The predicted molar refractivity (Wildman–Crippen MR) is 99.6 cm³/mol. The first-order valence-corrected chi connectivity index (χ1v) is 8.10. The second kappa shape index (κ2) is 9.83. The number of amides is 2. The van der Waals surface area contributed by atoms with Gasteiger partial charge in [-0.3, -0.25) is 9.59 Å². The van der Waals surface area contributed by atoms with E-state index in [0.717, 1.165) is 11.3 Å². The van der Waals surface area contributed by atoms with Crippen molar-refractivity contribution in [2.24, 2.45) is 5.10 Å². The van der Waals surface area contributed by atoms with E-state index in [4.69, 9.17) is 9.47 Å². The van der Waals surface area contributed by atoms with Crippen LogP contribution < -0.4 is 20.2 Å². The third-order valence-electron chi connectivity index (χ3n) is 3.30. The summed E-state index contributed by atoms with van der Waals surface area (Å²) in [7, 11) is 1.51. The van der Waals surface area contributed by atoms with E-state index in [1.54, 1.807) is 24.3 Å². The van der Waals surface area contributed by atoms with Crippen LogP contribution in [0.5, 0.6) is 11.5 Å². The standard InChI is InChI=1S/C19H21N3O4/c1-3-26-15-10-8-14(9-11-15)13-20-22-19(24)12-18(23)21-16-6-4-5-7-17(16)25-2/h4-11,13H,3,12H2,1-2H3,(H,21,23)(H,22,24). The van der Waals surface area contributed by atoms with Crippen molar-refractivity contribution in [3.63, 3.8) is 0 Å². The number of benzene rings is 2. The van der Waals surface area contributed by atoms with Gasteiger partial charge in [-0.25, -0.2) is 5.43 Å². The van der Waals surface area contributed by atoms with E-state index < -0.39 is 11.8 Å². The molecule has 7 nitrogen and oxygen atoms in total. The number of carbonyl (C=O) groups is 2. The molecule has 7 heteroatoms. The molecule has 136 valence electrons. The first kappa shape index (κ1) is 19.0. The number of methoxy groups -OCH3 is 1. The number of anilines is 1. The van der Waals surface area contributed by atoms with Crippen molar-refractivity contribution in [1.29, 1.82) is 0 Å². The highest BCUT2D eigenvalue weighted by atomic mass is 16.5. The van der Waals surface area contributed by atoms with Gasteiger partial charge in [-0.15, -0.1) is 0 Å². The molecule has 0 radical (unpaired) electrons. The third kappa shape index (κ3) is 5.94. The number of para-hydroxylation sites is 2. The molecule has 0 spiro atoms. The smallest absolute Gasteiger partial charge is 0.249 e. The molecule has 0 atom stereocenters. The second-order valence-electron chi connectivity index (χ2n) is 5.22. The van der Waals surface area contributed by atoms with Crippen LogP contribution in [0.15, 0.2) is 53.6 Å². The fourth-order valence-electron chi connectivity index (χ4n) is 2.12. The summed E-state index contributed by atoms with van der Waals surface area (Å²) in [5, 5.41) is 6.47. The largest absolute Gasteiger partial charge is 0.495 e. The summed E-state index contributed by atoms with van der Waals surface area (Å²) >= 11 is 0. The number of hydrogen-bond acceptors (Lipinski definition) is 5.